The second-order valence-corrected chi connectivity index (χ2v) is 10.5. The van der Waals surface area contributed by atoms with Crippen molar-refractivity contribution in [1.82, 2.24) is 15.5 Å². The van der Waals surface area contributed by atoms with E-state index in [1.165, 1.54) is 37.4 Å². The van der Waals surface area contributed by atoms with Crippen LogP contribution >= 0.6 is 11.8 Å². The average Bonchev–Trinajstić information content (AvgIpc) is 3.33. The maximum Gasteiger partial charge on any atom is 0.277 e. The molecule has 180 valence electrons. The van der Waals surface area contributed by atoms with E-state index in [0.29, 0.717) is 28.1 Å². The second kappa shape index (κ2) is 10.9. The number of aromatic nitrogens is 2. The van der Waals surface area contributed by atoms with Crippen LogP contribution in [0.1, 0.15) is 32.1 Å². The number of ether oxygens (including phenoxy) is 1. The molecule has 0 spiro atoms. The van der Waals surface area contributed by atoms with Gasteiger partial charge >= 0.3 is 0 Å². The first-order chi connectivity index (χ1) is 16.4. The van der Waals surface area contributed by atoms with Crippen molar-refractivity contribution >= 4 is 33.4 Å². The summed E-state index contributed by atoms with van der Waals surface area (Å²) < 4.78 is 38.4. The minimum atomic E-state index is -3.74. The average molecular weight is 503 g/mol. The van der Waals surface area contributed by atoms with E-state index < -0.39 is 10.0 Å². The normalized spacial score (nSPS) is 14.5. The minimum absolute atomic E-state index is 0.0369. The van der Waals surface area contributed by atoms with Crippen molar-refractivity contribution in [3.05, 3.63) is 48.5 Å². The van der Waals surface area contributed by atoms with Gasteiger partial charge in [-0.3, -0.25) is 9.52 Å². The van der Waals surface area contributed by atoms with E-state index in [-0.39, 0.29) is 22.6 Å². The highest BCUT2D eigenvalue weighted by Crippen LogP contribution is 2.26. The van der Waals surface area contributed by atoms with Crippen LogP contribution in [0.4, 0.5) is 5.69 Å². The van der Waals surface area contributed by atoms with E-state index in [2.05, 4.69) is 20.2 Å². The first-order valence-electron chi connectivity index (χ1n) is 11.0. The molecule has 0 bridgehead atoms. The SMILES string of the molecule is COc1ccc(S(=O)(=O)Nc2ccc(-c3nnc(SCC(=O)NC4CCCCC4)o3)cc2)cc1. The van der Waals surface area contributed by atoms with Crippen molar-refractivity contribution in [2.24, 2.45) is 0 Å². The molecule has 0 radical (unpaired) electrons. The van der Waals surface area contributed by atoms with Gasteiger partial charge in [-0.05, 0) is 61.4 Å². The highest BCUT2D eigenvalue weighted by atomic mass is 32.2. The maximum atomic E-state index is 12.6. The molecule has 1 heterocycles. The summed E-state index contributed by atoms with van der Waals surface area (Å²) in [5.41, 5.74) is 1.03. The van der Waals surface area contributed by atoms with Crippen LogP contribution in [-0.2, 0) is 14.8 Å². The first kappa shape index (κ1) is 24.1. The van der Waals surface area contributed by atoms with E-state index >= 15 is 0 Å². The fourth-order valence-electron chi connectivity index (χ4n) is 3.68. The molecule has 0 saturated heterocycles. The molecule has 3 aromatic rings. The van der Waals surface area contributed by atoms with Crippen molar-refractivity contribution in [1.29, 1.82) is 0 Å². The number of anilines is 1. The Kier molecular flexibility index (Phi) is 7.73. The molecule has 34 heavy (non-hydrogen) atoms. The van der Waals surface area contributed by atoms with Crippen LogP contribution in [0.5, 0.6) is 5.75 Å². The maximum absolute atomic E-state index is 12.6. The van der Waals surface area contributed by atoms with Gasteiger partial charge in [-0.1, -0.05) is 31.0 Å². The lowest BCUT2D eigenvalue weighted by molar-refractivity contribution is -0.119. The molecule has 1 saturated carbocycles. The molecule has 9 nitrogen and oxygen atoms in total. The zero-order valence-corrected chi connectivity index (χ0v) is 20.3. The van der Waals surface area contributed by atoms with Crippen molar-refractivity contribution in [3.8, 4) is 17.2 Å². The molecule has 1 aliphatic rings. The molecule has 1 fully saturated rings. The number of carbonyl (C=O) groups excluding carboxylic acids is 1. The van der Waals surface area contributed by atoms with Crippen LogP contribution < -0.4 is 14.8 Å². The largest absolute Gasteiger partial charge is 0.497 e. The molecule has 1 amide bonds. The Morgan fingerprint density at radius 3 is 2.44 bits per heavy atom. The van der Waals surface area contributed by atoms with Gasteiger partial charge in [0.2, 0.25) is 11.8 Å². The van der Waals surface area contributed by atoms with Crippen LogP contribution in [0, 0.1) is 0 Å². The summed E-state index contributed by atoms with van der Waals surface area (Å²) in [4.78, 5) is 12.3. The number of sulfonamides is 1. The predicted octanol–water partition coefficient (Wildman–Crippen LogP) is 4.09. The number of hydrogen-bond donors (Lipinski definition) is 2. The predicted molar refractivity (Wildman–Crippen MR) is 129 cm³/mol. The molecule has 1 aliphatic carbocycles. The van der Waals surface area contributed by atoms with Gasteiger partial charge in [0.15, 0.2) is 0 Å². The summed E-state index contributed by atoms with van der Waals surface area (Å²) in [7, 11) is -2.22. The number of benzene rings is 2. The Bertz CT molecular complexity index is 1200. The van der Waals surface area contributed by atoms with E-state index in [1.54, 1.807) is 36.4 Å². The monoisotopic (exact) mass is 502 g/mol. The third-order valence-electron chi connectivity index (χ3n) is 5.46. The number of nitrogens with one attached hydrogen (secondary N) is 2. The number of methoxy groups -OCH3 is 1. The van der Waals surface area contributed by atoms with Crippen LogP contribution in [0.3, 0.4) is 0 Å². The molecule has 11 heteroatoms. The zero-order chi connectivity index (χ0) is 24.0. The van der Waals surface area contributed by atoms with E-state index in [9.17, 15) is 13.2 Å². The number of hydrogen-bond acceptors (Lipinski definition) is 8. The lowest BCUT2D eigenvalue weighted by Crippen LogP contribution is -2.37. The van der Waals surface area contributed by atoms with E-state index in [1.807, 2.05) is 0 Å². The summed E-state index contributed by atoms with van der Waals surface area (Å²) in [6.07, 6.45) is 5.63. The third-order valence-corrected chi connectivity index (χ3v) is 7.67. The number of carbonyl (C=O) groups is 1. The lowest BCUT2D eigenvalue weighted by atomic mass is 9.95. The van der Waals surface area contributed by atoms with Crippen LogP contribution in [-0.4, -0.2) is 43.4 Å². The molecule has 4 rings (SSSR count). The quantitative estimate of drug-likeness (QED) is 0.420. The summed E-state index contributed by atoms with van der Waals surface area (Å²) >= 11 is 1.19. The van der Waals surface area contributed by atoms with Gasteiger partial charge in [0.25, 0.3) is 15.2 Å². The standard InChI is InChI=1S/C23H26N4O5S2/c1-31-19-11-13-20(14-12-19)34(29,30)27-18-9-7-16(8-10-18)22-25-26-23(32-22)33-15-21(28)24-17-5-3-2-4-6-17/h7-14,17,27H,2-6,15H2,1H3,(H,24,28). The molecular formula is C23H26N4O5S2. The fraction of sp³-hybridized carbons (Fsp3) is 0.348. The third kappa shape index (κ3) is 6.29. The fourth-order valence-corrected chi connectivity index (χ4v) is 5.31. The highest BCUT2D eigenvalue weighted by Gasteiger charge is 2.18. The lowest BCUT2D eigenvalue weighted by Gasteiger charge is -2.22. The van der Waals surface area contributed by atoms with E-state index in [0.717, 1.165) is 25.7 Å². The summed E-state index contributed by atoms with van der Waals surface area (Å²) in [6, 6.07) is 13.0. The second-order valence-electron chi connectivity index (χ2n) is 7.92. The van der Waals surface area contributed by atoms with Gasteiger partial charge < -0.3 is 14.5 Å². The first-order valence-corrected chi connectivity index (χ1v) is 13.4. The van der Waals surface area contributed by atoms with Gasteiger partial charge in [-0.2, -0.15) is 0 Å². The van der Waals surface area contributed by atoms with Gasteiger partial charge in [0, 0.05) is 17.3 Å². The van der Waals surface area contributed by atoms with Gasteiger partial charge in [-0.25, -0.2) is 8.42 Å². The number of rotatable bonds is 9. The van der Waals surface area contributed by atoms with E-state index in [4.69, 9.17) is 9.15 Å². The number of amides is 1. The molecule has 0 aliphatic heterocycles. The zero-order valence-electron chi connectivity index (χ0n) is 18.7. The van der Waals surface area contributed by atoms with Crippen LogP contribution in [0.25, 0.3) is 11.5 Å². The summed E-state index contributed by atoms with van der Waals surface area (Å²) in [5, 5.41) is 11.4. The Labute approximate surface area is 202 Å². The molecule has 2 N–H and O–H groups in total. The van der Waals surface area contributed by atoms with Crippen molar-refractivity contribution in [3.63, 3.8) is 0 Å². The number of nitrogens with zero attached hydrogens (tertiary/aromatic N) is 2. The number of thioether (sulfide) groups is 1. The van der Waals surface area contributed by atoms with Gasteiger partial charge in [0.05, 0.1) is 17.8 Å². The smallest absolute Gasteiger partial charge is 0.277 e. The van der Waals surface area contributed by atoms with Crippen LogP contribution in [0.15, 0.2) is 63.1 Å². The van der Waals surface area contributed by atoms with Gasteiger partial charge in [-0.15, -0.1) is 10.2 Å². The molecule has 0 unspecified atom stereocenters. The van der Waals surface area contributed by atoms with Crippen molar-refractivity contribution in [2.75, 3.05) is 17.6 Å². The van der Waals surface area contributed by atoms with Crippen LogP contribution in [0.2, 0.25) is 0 Å². The highest BCUT2D eigenvalue weighted by molar-refractivity contribution is 7.99. The molecular weight excluding hydrogens is 476 g/mol. The minimum Gasteiger partial charge on any atom is -0.497 e. The topological polar surface area (TPSA) is 123 Å². The van der Waals surface area contributed by atoms with Gasteiger partial charge in [0.1, 0.15) is 5.75 Å². The summed E-state index contributed by atoms with van der Waals surface area (Å²) in [5.74, 6) is 1.04. The molecule has 2 aromatic carbocycles. The summed E-state index contributed by atoms with van der Waals surface area (Å²) in [6.45, 7) is 0. The van der Waals surface area contributed by atoms with Crippen molar-refractivity contribution < 1.29 is 22.4 Å². The Morgan fingerprint density at radius 1 is 1.06 bits per heavy atom. The Balaban J connectivity index is 1.32. The molecule has 1 aromatic heterocycles. The Morgan fingerprint density at radius 2 is 1.76 bits per heavy atom. The molecule has 0 atom stereocenters. The van der Waals surface area contributed by atoms with Crippen molar-refractivity contribution in [2.45, 2.75) is 48.3 Å². The Hall–Kier alpha value is -3.05.